The van der Waals surface area contributed by atoms with Crippen molar-refractivity contribution in [3.05, 3.63) is 88.4 Å². The van der Waals surface area contributed by atoms with Crippen molar-refractivity contribution in [2.24, 2.45) is 0 Å². The van der Waals surface area contributed by atoms with Crippen LogP contribution in [0.15, 0.2) is 77.7 Å². The first-order valence-electron chi connectivity index (χ1n) is 8.08. The van der Waals surface area contributed by atoms with Crippen LogP contribution in [-0.2, 0) is 16.6 Å². The molecule has 27 heavy (non-hydrogen) atoms. The average molecular weight is 422 g/mol. The molecule has 0 radical (unpaired) electrons. The summed E-state index contributed by atoms with van der Waals surface area (Å²) in [6.07, 6.45) is 0. The van der Waals surface area contributed by atoms with Gasteiger partial charge in [-0.15, -0.1) is 0 Å². The largest absolute Gasteiger partial charge is 0.495 e. The first-order chi connectivity index (χ1) is 12.9. The predicted molar refractivity (Wildman–Crippen MR) is 109 cm³/mol. The van der Waals surface area contributed by atoms with Crippen LogP contribution in [-0.4, -0.2) is 15.5 Å². The van der Waals surface area contributed by atoms with E-state index in [0.717, 1.165) is 0 Å². The Labute approximate surface area is 169 Å². The van der Waals surface area contributed by atoms with Gasteiger partial charge in [0.2, 0.25) is 0 Å². The molecule has 7 heteroatoms. The molecule has 0 bridgehead atoms. The Kier molecular flexibility index (Phi) is 5.95. The van der Waals surface area contributed by atoms with Crippen molar-refractivity contribution in [3.63, 3.8) is 0 Å². The van der Waals surface area contributed by atoms with Gasteiger partial charge >= 0.3 is 0 Å². The molecule has 0 aliphatic carbocycles. The van der Waals surface area contributed by atoms with Gasteiger partial charge in [-0.05, 0) is 42.0 Å². The fourth-order valence-corrected chi connectivity index (χ4v) is 4.46. The molecule has 4 nitrogen and oxygen atoms in total. The highest BCUT2D eigenvalue weighted by Gasteiger charge is 2.27. The summed E-state index contributed by atoms with van der Waals surface area (Å²) in [4.78, 5) is 0.191. The van der Waals surface area contributed by atoms with Gasteiger partial charge in [-0.1, -0.05) is 59.6 Å². The number of nitrogens with zero attached hydrogens (tertiary/aromatic N) is 1. The zero-order chi connectivity index (χ0) is 19.4. The van der Waals surface area contributed by atoms with E-state index in [0.29, 0.717) is 27.0 Å². The molecular formula is C20H17Cl2NO3S. The van der Waals surface area contributed by atoms with E-state index < -0.39 is 10.0 Å². The highest BCUT2D eigenvalue weighted by Crippen LogP contribution is 2.34. The molecule has 3 aromatic carbocycles. The Hall–Kier alpha value is -2.21. The maximum atomic E-state index is 13.4. The third-order valence-electron chi connectivity index (χ3n) is 4.00. The number of methoxy groups -OCH3 is 1. The average Bonchev–Trinajstić information content (AvgIpc) is 2.69. The van der Waals surface area contributed by atoms with Crippen molar-refractivity contribution in [2.75, 3.05) is 11.4 Å². The van der Waals surface area contributed by atoms with Gasteiger partial charge in [0.25, 0.3) is 10.0 Å². The topological polar surface area (TPSA) is 46.6 Å². The van der Waals surface area contributed by atoms with Crippen LogP contribution in [0.4, 0.5) is 5.69 Å². The Balaban J connectivity index is 2.13. The summed E-state index contributed by atoms with van der Waals surface area (Å²) < 4.78 is 33.4. The Morgan fingerprint density at radius 1 is 0.889 bits per heavy atom. The van der Waals surface area contributed by atoms with Crippen molar-refractivity contribution < 1.29 is 13.2 Å². The summed E-state index contributed by atoms with van der Waals surface area (Å²) in [7, 11) is -2.33. The maximum Gasteiger partial charge on any atom is 0.264 e. The molecule has 0 heterocycles. The summed E-state index contributed by atoms with van der Waals surface area (Å²) in [6.45, 7) is 0.0779. The normalized spacial score (nSPS) is 11.2. The second-order valence-electron chi connectivity index (χ2n) is 5.75. The molecule has 0 aliphatic rings. The zero-order valence-electron chi connectivity index (χ0n) is 14.5. The molecule has 0 aromatic heterocycles. The molecule has 0 N–H and O–H groups in total. The van der Waals surface area contributed by atoms with Crippen LogP contribution in [0.3, 0.4) is 0 Å². The van der Waals surface area contributed by atoms with Gasteiger partial charge in [0, 0.05) is 0 Å². The summed E-state index contributed by atoms with van der Waals surface area (Å²) in [5.74, 6) is 0.456. The first kappa shape index (κ1) is 19.5. The van der Waals surface area contributed by atoms with E-state index in [-0.39, 0.29) is 11.4 Å². The molecule has 0 fully saturated rings. The van der Waals surface area contributed by atoms with E-state index in [4.69, 9.17) is 27.9 Å². The van der Waals surface area contributed by atoms with E-state index >= 15 is 0 Å². The Bertz CT molecular complexity index is 1040. The van der Waals surface area contributed by atoms with E-state index in [9.17, 15) is 8.42 Å². The van der Waals surface area contributed by atoms with Crippen LogP contribution in [0.25, 0.3) is 0 Å². The van der Waals surface area contributed by atoms with Crippen molar-refractivity contribution >= 4 is 38.9 Å². The SMILES string of the molecule is COc1ccccc1N(Cc1ccc(Cl)c(Cl)c1)S(=O)(=O)c1ccccc1. The van der Waals surface area contributed by atoms with Crippen molar-refractivity contribution in [3.8, 4) is 5.75 Å². The molecular weight excluding hydrogens is 405 g/mol. The summed E-state index contributed by atoms with van der Waals surface area (Å²) in [5, 5.41) is 0.779. The standard InChI is InChI=1S/C20H17Cl2NO3S/c1-26-20-10-6-5-9-19(20)23(14-15-11-12-17(21)18(22)13-15)27(24,25)16-7-3-2-4-8-16/h2-13H,14H2,1H3. The van der Waals surface area contributed by atoms with Gasteiger partial charge in [0.1, 0.15) is 5.75 Å². The van der Waals surface area contributed by atoms with Crippen LogP contribution in [0, 0.1) is 0 Å². The molecule has 0 saturated carbocycles. The highest BCUT2D eigenvalue weighted by atomic mass is 35.5. The van der Waals surface area contributed by atoms with Gasteiger partial charge < -0.3 is 4.74 Å². The monoisotopic (exact) mass is 421 g/mol. The lowest BCUT2D eigenvalue weighted by molar-refractivity contribution is 0.415. The molecule has 140 valence electrons. The number of anilines is 1. The lowest BCUT2D eigenvalue weighted by atomic mass is 10.2. The molecule has 3 rings (SSSR count). The Morgan fingerprint density at radius 3 is 2.22 bits per heavy atom. The van der Waals surface area contributed by atoms with Crippen molar-refractivity contribution in [1.29, 1.82) is 0 Å². The second kappa shape index (κ2) is 8.21. The van der Waals surface area contributed by atoms with Gasteiger partial charge in [0.05, 0.1) is 34.3 Å². The third kappa shape index (κ3) is 4.21. The molecule has 0 amide bonds. The van der Waals surface area contributed by atoms with Crippen LogP contribution >= 0.6 is 23.2 Å². The summed E-state index contributed by atoms with van der Waals surface area (Å²) >= 11 is 12.1. The lowest BCUT2D eigenvalue weighted by Crippen LogP contribution is -2.31. The number of sulfonamides is 1. The Morgan fingerprint density at radius 2 is 1.56 bits per heavy atom. The van der Waals surface area contributed by atoms with Gasteiger partial charge in [-0.25, -0.2) is 8.42 Å². The van der Waals surface area contributed by atoms with Crippen LogP contribution in [0.5, 0.6) is 5.75 Å². The zero-order valence-corrected chi connectivity index (χ0v) is 16.8. The molecule has 0 aliphatic heterocycles. The number of benzene rings is 3. The smallest absolute Gasteiger partial charge is 0.264 e. The minimum atomic E-state index is -3.83. The highest BCUT2D eigenvalue weighted by molar-refractivity contribution is 7.92. The van der Waals surface area contributed by atoms with Crippen LogP contribution in [0.1, 0.15) is 5.56 Å². The maximum absolute atomic E-state index is 13.4. The third-order valence-corrected chi connectivity index (χ3v) is 6.51. The number of halogens is 2. The van der Waals surface area contributed by atoms with E-state index in [1.165, 1.54) is 11.4 Å². The van der Waals surface area contributed by atoms with E-state index in [1.807, 2.05) is 0 Å². The van der Waals surface area contributed by atoms with Crippen molar-refractivity contribution in [1.82, 2.24) is 0 Å². The number of rotatable bonds is 6. The molecule has 0 spiro atoms. The quantitative estimate of drug-likeness (QED) is 0.535. The van der Waals surface area contributed by atoms with E-state index in [2.05, 4.69) is 0 Å². The van der Waals surface area contributed by atoms with Gasteiger partial charge in [-0.2, -0.15) is 0 Å². The molecule has 0 saturated heterocycles. The summed E-state index contributed by atoms with van der Waals surface area (Å²) in [6, 6.07) is 20.3. The minimum absolute atomic E-state index is 0.0779. The number of hydrogen-bond acceptors (Lipinski definition) is 3. The van der Waals surface area contributed by atoms with Crippen molar-refractivity contribution in [2.45, 2.75) is 11.4 Å². The van der Waals surface area contributed by atoms with Gasteiger partial charge in [0.15, 0.2) is 0 Å². The van der Waals surface area contributed by atoms with Crippen LogP contribution < -0.4 is 9.04 Å². The number of ether oxygens (including phenoxy) is 1. The lowest BCUT2D eigenvalue weighted by Gasteiger charge is -2.26. The fourth-order valence-electron chi connectivity index (χ4n) is 2.66. The fraction of sp³-hybridized carbons (Fsp3) is 0.100. The van der Waals surface area contributed by atoms with Crippen LogP contribution in [0.2, 0.25) is 10.0 Å². The first-order valence-corrected chi connectivity index (χ1v) is 10.3. The second-order valence-corrected chi connectivity index (χ2v) is 8.42. The predicted octanol–water partition coefficient (Wildman–Crippen LogP) is 5.40. The number of para-hydroxylation sites is 2. The van der Waals surface area contributed by atoms with Gasteiger partial charge in [-0.3, -0.25) is 4.31 Å². The number of hydrogen-bond donors (Lipinski definition) is 0. The molecule has 0 atom stereocenters. The molecule has 3 aromatic rings. The van der Waals surface area contributed by atoms with E-state index in [1.54, 1.807) is 72.8 Å². The minimum Gasteiger partial charge on any atom is -0.495 e. The molecule has 0 unspecified atom stereocenters. The summed E-state index contributed by atoms with van der Waals surface area (Å²) in [5.41, 5.74) is 1.14.